The number of ketones is 1. The predicted octanol–water partition coefficient (Wildman–Crippen LogP) is 1.07. The molecule has 2 rings (SSSR count). The van der Waals surface area contributed by atoms with E-state index in [1.54, 1.807) is 12.3 Å². The van der Waals surface area contributed by atoms with Crippen LogP contribution in [0.15, 0.2) is 17.1 Å². The average molecular weight is 249 g/mol. The SMILES string of the molecule is CN(C)c1cnn(CCC2CCCC2=O)c(=O)c1. The van der Waals surface area contributed by atoms with E-state index in [1.807, 2.05) is 19.0 Å². The summed E-state index contributed by atoms with van der Waals surface area (Å²) in [6, 6.07) is 1.57. The first kappa shape index (κ1) is 12.8. The molecule has 1 aromatic rings. The van der Waals surface area contributed by atoms with Crippen molar-refractivity contribution >= 4 is 11.5 Å². The van der Waals surface area contributed by atoms with E-state index in [4.69, 9.17) is 0 Å². The Morgan fingerprint density at radius 1 is 1.44 bits per heavy atom. The second kappa shape index (κ2) is 5.33. The number of rotatable bonds is 4. The summed E-state index contributed by atoms with van der Waals surface area (Å²) < 4.78 is 1.44. The van der Waals surface area contributed by atoms with Crippen LogP contribution >= 0.6 is 0 Å². The van der Waals surface area contributed by atoms with Gasteiger partial charge >= 0.3 is 0 Å². The van der Waals surface area contributed by atoms with Crippen LogP contribution in [0.25, 0.3) is 0 Å². The summed E-state index contributed by atoms with van der Waals surface area (Å²) in [4.78, 5) is 25.2. The van der Waals surface area contributed by atoms with E-state index in [1.165, 1.54) is 4.68 Å². The third-order valence-corrected chi connectivity index (χ3v) is 3.49. The maximum absolute atomic E-state index is 11.8. The topological polar surface area (TPSA) is 55.2 Å². The minimum atomic E-state index is -0.105. The Labute approximate surface area is 106 Å². The van der Waals surface area contributed by atoms with Crippen LogP contribution in [0.3, 0.4) is 0 Å². The van der Waals surface area contributed by atoms with E-state index in [-0.39, 0.29) is 11.5 Å². The van der Waals surface area contributed by atoms with Gasteiger partial charge in [-0.15, -0.1) is 0 Å². The quantitative estimate of drug-likeness (QED) is 0.801. The molecule has 0 bridgehead atoms. The number of hydrogen-bond acceptors (Lipinski definition) is 4. The lowest BCUT2D eigenvalue weighted by molar-refractivity contribution is -0.120. The fourth-order valence-electron chi connectivity index (χ4n) is 2.31. The van der Waals surface area contributed by atoms with E-state index in [2.05, 4.69) is 5.10 Å². The monoisotopic (exact) mass is 249 g/mol. The highest BCUT2D eigenvalue weighted by molar-refractivity contribution is 5.82. The van der Waals surface area contributed by atoms with Crippen molar-refractivity contribution in [2.24, 2.45) is 5.92 Å². The van der Waals surface area contributed by atoms with Crippen LogP contribution in [-0.2, 0) is 11.3 Å². The van der Waals surface area contributed by atoms with Gasteiger partial charge in [-0.1, -0.05) is 0 Å². The number of nitrogens with zero attached hydrogens (tertiary/aromatic N) is 3. The Hall–Kier alpha value is -1.65. The average Bonchev–Trinajstić information content (AvgIpc) is 2.73. The van der Waals surface area contributed by atoms with Gasteiger partial charge in [0.05, 0.1) is 11.9 Å². The van der Waals surface area contributed by atoms with Crippen molar-refractivity contribution in [3.05, 3.63) is 22.6 Å². The van der Waals surface area contributed by atoms with Crippen LogP contribution in [-0.4, -0.2) is 29.7 Å². The van der Waals surface area contributed by atoms with Gasteiger partial charge < -0.3 is 4.90 Å². The molecule has 5 nitrogen and oxygen atoms in total. The third kappa shape index (κ3) is 2.78. The maximum atomic E-state index is 11.8. The van der Waals surface area contributed by atoms with Crippen molar-refractivity contribution in [2.75, 3.05) is 19.0 Å². The molecule has 98 valence electrons. The molecule has 1 fully saturated rings. The minimum absolute atomic E-state index is 0.105. The van der Waals surface area contributed by atoms with Crippen molar-refractivity contribution in [3.8, 4) is 0 Å². The van der Waals surface area contributed by atoms with Crippen LogP contribution in [0.5, 0.6) is 0 Å². The van der Waals surface area contributed by atoms with Gasteiger partial charge in [-0.05, 0) is 19.3 Å². The maximum Gasteiger partial charge on any atom is 0.268 e. The van der Waals surface area contributed by atoms with Crippen molar-refractivity contribution in [2.45, 2.75) is 32.2 Å². The van der Waals surface area contributed by atoms with Crippen molar-refractivity contribution in [1.82, 2.24) is 9.78 Å². The molecule has 18 heavy (non-hydrogen) atoms. The second-order valence-corrected chi connectivity index (χ2v) is 5.01. The molecule has 0 aromatic carbocycles. The van der Waals surface area contributed by atoms with Gasteiger partial charge in [-0.3, -0.25) is 9.59 Å². The molecule has 0 amide bonds. The van der Waals surface area contributed by atoms with Crippen LogP contribution in [0.2, 0.25) is 0 Å². The van der Waals surface area contributed by atoms with Crippen LogP contribution in [0.1, 0.15) is 25.7 Å². The molecular formula is C13H19N3O2. The summed E-state index contributed by atoms with van der Waals surface area (Å²) in [7, 11) is 3.75. The molecule has 1 aliphatic rings. The number of anilines is 1. The molecule has 5 heteroatoms. The Bertz CT molecular complexity index is 493. The van der Waals surface area contributed by atoms with Crippen LogP contribution < -0.4 is 10.5 Å². The molecule has 0 radical (unpaired) electrons. The van der Waals surface area contributed by atoms with E-state index in [0.29, 0.717) is 18.7 Å². The molecule has 1 unspecified atom stereocenters. The molecule has 0 saturated heterocycles. The largest absolute Gasteiger partial charge is 0.376 e. The fraction of sp³-hybridized carbons (Fsp3) is 0.615. The third-order valence-electron chi connectivity index (χ3n) is 3.49. The molecule has 1 heterocycles. The number of aryl methyl sites for hydroxylation is 1. The molecule has 1 atom stereocenters. The van der Waals surface area contributed by atoms with Crippen molar-refractivity contribution < 1.29 is 4.79 Å². The summed E-state index contributed by atoms with van der Waals surface area (Å²) >= 11 is 0. The summed E-state index contributed by atoms with van der Waals surface area (Å²) in [5.74, 6) is 0.472. The molecule has 1 aromatic heterocycles. The highest BCUT2D eigenvalue weighted by Crippen LogP contribution is 2.24. The van der Waals surface area contributed by atoms with E-state index in [0.717, 1.165) is 24.9 Å². The smallest absolute Gasteiger partial charge is 0.268 e. The number of carbonyl (C=O) groups is 1. The van der Waals surface area contributed by atoms with Gasteiger partial charge in [0, 0.05) is 39.0 Å². The van der Waals surface area contributed by atoms with E-state index < -0.39 is 0 Å². The Morgan fingerprint density at radius 2 is 2.22 bits per heavy atom. The van der Waals surface area contributed by atoms with E-state index >= 15 is 0 Å². The van der Waals surface area contributed by atoms with Gasteiger partial charge in [0.25, 0.3) is 5.56 Å². The fourth-order valence-corrected chi connectivity index (χ4v) is 2.31. The van der Waals surface area contributed by atoms with Crippen LogP contribution in [0.4, 0.5) is 5.69 Å². The van der Waals surface area contributed by atoms with Crippen molar-refractivity contribution in [3.63, 3.8) is 0 Å². The predicted molar refractivity (Wildman–Crippen MR) is 69.8 cm³/mol. The van der Waals surface area contributed by atoms with Gasteiger partial charge in [0.1, 0.15) is 5.78 Å². The summed E-state index contributed by atoms with van der Waals surface area (Å²) in [5, 5.41) is 4.14. The molecule has 1 saturated carbocycles. The normalized spacial score (nSPS) is 19.2. The second-order valence-electron chi connectivity index (χ2n) is 5.01. The number of carbonyl (C=O) groups excluding carboxylic acids is 1. The van der Waals surface area contributed by atoms with E-state index in [9.17, 15) is 9.59 Å². The molecular weight excluding hydrogens is 230 g/mol. The first-order valence-electron chi connectivity index (χ1n) is 6.35. The summed E-state index contributed by atoms with van der Waals surface area (Å²) in [6.07, 6.45) is 5.06. The first-order valence-corrected chi connectivity index (χ1v) is 6.35. The lowest BCUT2D eigenvalue weighted by Gasteiger charge is -2.13. The zero-order valence-electron chi connectivity index (χ0n) is 10.9. The number of hydrogen-bond donors (Lipinski definition) is 0. The van der Waals surface area contributed by atoms with Gasteiger partial charge in [-0.25, -0.2) is 4.68 Å². The highest BCUT2D eigenvalue weighted by atomic mass is 16.1. The lowest BCUT2D eigenvalue weighted by atomic mass is 10.0. The van der Waals surface area contributed by atoms with Crippen LogP contribution in [0, 0.1) is 5.92 Å². The van der Waals surface area contributed by atoms with Gasteiger partial charge in [0.2, 0.25) is 0 Å². The molecule has 0 N–H and O–H groups in total. The Kier molecular flexibility index (Phi) is 3.79. The summed E-state index contributed by atoms with van der Waals surface area (Å²) in [5.41, 5.74) is 0.694. The minimum Gasteiger partial charge on any atom is -0.376 e. The lowest BCUT2D eigenvalue weighted by Crippen LogP contribution is -2.25. The molecule has 0 spiro atoms. The number of aromatic nitrogens is 2. The molecule has 1 aliphatic carbocycles. The number of Topliss-reactive ketones (excluding diaryl/α,β-unsaturated/α-hetero) is 1. The summed E-state index contributed by atoms with van der Waals surface area (Å²) in [6.45, 7) is 0.531. The Morgan fingerprint density at radius 3 is 2.78 bits per heavy atom. The first-order chi connectivity index (χ1) is 8.58. The zero-order valence-corrected chi connectivity index (χ0v) is 10.9. The standard InChI is InChI=1S/C13H19N3O2/c1-15(2)11-8-13(18)16(14-9-11)7-6-10-4-3-5-12(10)17/h8-10H,3-7H2,1-2H3. The Balaban J connectivity index is 2.01. The van der Waals surface area contributed by atoms with Gasteiger partial charge in [-0.2, -0.15) is 5.10 Å². The molecule has 0 aliphatic heterocycles. The van der Waals surface area contributed by atoms with Gasteiger partial charge in [0.15, 0.2) is 0 Å². The zero-order chi connectivity index (χ0) is 13.1. The van der Waals surface area contributed by atoms with Crippen molar-refractivity contribution in [1.29, 1.82) is 0 Å². The highest BCUT2D eigenvalue weighted by Gasteiger charge is 2.23.